The summed E-state index contributed by atoms with van der Waals surface area (Å²) in [6, 6.07) is 9.11. The monoisotopic (exact) mass is 326 g/mol. The number of carbonyl (C=O) groups excluding carboxylic acids is 1. The van der Waals surface area contributed by atoms with Gasteiger partial charge >= 0.3 is 0 Å². The molecular formula is C15H15ClO2S2. The van der Waals surface area contributed by atoms with Crippen LogP contribution in [0, 0.1) is 13.8 Å². The standard InChI is InChI=1S/C15H15ClO2S2/c1-9-4-6-13(10(2)8-9)20(18)11(3)15(17)12-5-7-14(16)19-12/h4-8,11H,1-3H3. The Morgan fingerprint density at radius 2 is 1.95 bits per heavy atom. The van der Waals surface area contributed by atoms with Crippen LogP contribution in [0.2, 0.25) is 4.34 Å². The molecular weight excluding hydrogens is 312 g/mol. The van der Waals surface area contributed by atoms with E-state index in [-0.39, 0.29) is 5.78 Å². The van der Waals surface area contributed by atoms with E-state index in [1.54, 1.807) is 19.1 Å². The molecule has 1 heterocycles. The maximum Gasteiger partial charge on any atom is 0.188 e. The molecule has 2 nitrogen and oxygen atoms in total. The van der Waals surface area contributed by atoms with Crippen LogP contribution in [0.15, 0.2) is 35.2 Å². The van der Waals surface area contributed by atoms with Gasteiger partial charge in [-0.2, -0.15) is 0 Å². The molecule has 0 spiro atoms. The summed E-state index contributed by atoms with van der Waals surface area (Å²) in [7, 11) is -1.36. The second kappa shape index (κ2) is 6.20. The van der Waals surface area contributed by atoms with Crippen LogP contribution in [0.1, 0.15) is 27.7 Å². The first kappa shape index (κ1) is 15.4. The Balaban J connectivity index is 2.26. The molecule has 0 saturated heterocycles. The number of thiophene rings is 1. The fourth-order valence-electron chi connectivity index (χ4n) is 1.96. The topological polar surface area (TPSA) is 34.1 Å². The van der Waals surface area contributed by atoms with Crippen LogP contribution >= 0.6 is 22.9 Å². The zero-order valence-corrected chi connectivity index (χ0v) is 13.9. The van der Waals surface area contributed by atoms with Crippen molar-refractivity contribution < 1.29 is 9.00 Å². The molecule has 0 radical (unpaired) electrons. The van der Waals surface area contributed by atoms with E-state index in [4.69, 9.17) is 11.6 Å². The summed E-state index contributed by atoms with van der Waals surface area (Å²) >= 11 is 7.06. The van der Waals surface area contributed by atoms with Crippen LogP contribution in [-0.4, -0.2) is 15.2 Å². The van der Waals surface area contributed by atoms with Gasteiger partial charge in [0.05, 0.1) is 20.0 Å². The first-order valence-corrected chi connectivity index (χ1v) is 8.58. The lowest BCUT2D eigenvalue weighted by atomic mass is 10.2. The van der Waals surface area contributed by atoms with Gasteiger partial charge in [0.25, 0.3) is 0 Å². The molecule has 0 bridgehead atoms. The van der Waals surface area contributed by atoms with Crippen molar-refractivity contribution in [3.8, 4) is 0 Å². The van der Waals surface area contributed by atoms with Crippen LogP contribution in [-0.2, 0) is 10.8 Å². The molecule has 0 fully saturated rings. The number of benzene rings is 1. The summed E-state index contributed by atoms with van der Waals surface area (Å²) in [4.78, 5) is 13.6. The molecule has 0 saturated carbocycles. The summed E-state index contributed by atoms with van der Waals surface area (Å²) in [5.41, 5.74) is 2.07. The second-order valence-corrected chi connectivity index (χ2v) is 8.13. The van der Waals surface area contributed by atoms with Gasteiger partial charge in [0.1, 0.15) is 5.25 Å². The zero-order valence-electron chi connectivity index (χ0n) is 11.5. The Kier molecular flexibility index (Phi) is 4.78. The van der Waals surface area contributed by atoms with Crippen LogP contribution in [0.3, 0.4) is 0 Å². The number of Topliss-reactive ketones (excluding diaryl/α,β-unsaturated/α-hetero) is 1. The summed E-state index contributed by atoms with van der Waals surface area (Å²) < 4.78 is 13.1. The second-order valence-electron chi connectivity index (χ2n) is 4.68. The van der Waals surface area contributed by atoms with Crippen molar-refractivity contribution in [3.63, 3.8) is 0 Å². The Morgan fingerprint density at radius 1 is 1.25 bits per heavy atom. The summed E-state index contributed by atoms with van der Waals surface area (Å²) in [5.74, 6) is -0.125. The minimum Gasteiger partial charge on any atom is -0.292 e. The van der Waals surface area contributed by atoms with Crippen LogP contribution in [0.5, 0.6) is 0 Å². The average molecular weight is 327 g/mol. The SMILES string of the molecule is Cc1ccc(S(=O)C(C)C(=O)c2ccc(Cl)s2)c(C)c1. The molecule has 5 heteroatoms. The Hall–Kier alpha value is -0.970. The van der Waals surface area contributed by atoms with Crippen LogP contribution in [0.4, 0.5) is 0 Å². The van der Waals surface area contributed by atoms with E-state index in [1.807, 2.05) is 32.0 Å². The predicted octanol–water partition coefficient (Wildman–Crippen LogP) is 4.40. The fourth-order valence-corrected chi connectivity index (χ4v) is 4.39. The predicted molar refractivity (Wildman–Crippen MR) is 85.4 cm³/mol. The fraction of sp³-hybridized carbons (Fsp3) is 0.267. The quantitative estimate of drug-likeness (QED) is 0.780. The van der Waals surface area contributed by atoms with E-state index in [9.17, 15) is 9.00 Å². The highest BCUT2D eigenvalue weighted by atomic mass is 35.5. The highest BCUT2D eigenvalue weighted by molar-refractivity contribution is 7.86. The molecule has 1 aromatic heterocycles. The molecule has 106 valence electrons. The third kappa shape index (κ3) is 3.19. The van der Waals surface area contributed by atoms with Gasteiger partial charge in [0, 0.05) is 4.90 Å². The third-order valence-corrected chi connectivity index (χ3v) is 6.05. The van der Waals surface area contributed by atoms with Crippen molar-refractivity contribution in [2.24, 2.45) is 0 Å². The van der Waals surface area contributed by atoms with Gasteiger partial charge in [-0.3, -0.25) is 9.00 Å². The van der Waals surface area contributed by atoms with Crippen LogP contribution < -0.4 is 0 Å². The van der Waals surface area contributed by atoms with Gasteiger partial charge in [0.2, 0.25) is 0 Å². The lowest BCUT2D eigenvalue weighted by Crippen LogP contribution is -2.22. The first-order chi connectivity index (χ1) is 9.40. The maximum atomic E-state index is 12.6. The molecule has 20 heavy (non-hydrogen) atoms. The molecule has 0 amide bonds. The van der Waals surface area contributed by atoms with Gasteiger partial charge in [-0.15, -0.1) is 11.3 Å². The van der Waals surface area contributed by atoms with Gasteiger partial charge in [-0.1, -0.05) is 29.3 Å². The molecule has 1 aromatic carbocycles. The zero-order chi connectivity index (χ0) is 14.9. The normalized spacial score (nSPS) is 14.0. The largest absolute Gasteiger partial charge is 0.292 e. The van der Waals surface area contributed by atoms with Gasteiger partial charge in [-0.05, 0) is 44.5 Å². The minimum atomic E-state index is -1.36. The molecule has 0 aliphatic rings. The Bertz CT molecular complexity index is 676. The number of halogens is 1. The highest BCUT2D eigenvalue weighted by Gasteiger charge is 2.24. The summed E-state index contributed by atoms with van der Waals surface area (Å²) in [6.07, 6.45) is 0. The van der Waals surface area contributed by atoms with E-state index >= 15 is 0 Å². The van der Waals surface area contributed by atoms with Crippen molar-refractivity contribution in [1.82, 2.24) is 0 Å². The highest BCUT2D eigenvalue weighted by Crippen LogP contribution is 2.25. The van der Waals surface area contributed by atoms with E-state index in [0.29, 0.717) is 9.21 Å². The molecule has 2 aromatic rings. The van der Waals surface area contributed by atoms with Crippen LogP contribution in [0.25, 0.3) is 0 Å². The summed E-state index contributed by atoms with van der Waals surface area (Å²) in [5, 5.41) is -0.578. The van der Waals surface area contributed by atoms with Crippen molar-refractivity contribution in [1.29, 1.82) is 0 Å². The van der Waals surface area contributed by atoms with Crippen molar-refractivity contribution in [2.45, 2.75) is 30.9 Å². The van der Waals surface area contributed by atoms with Crippen molar-refractivity contribution >= 4 is 39.5 Å². The minimum absolute atomic E-state index is 0.125. The molecule has 0 aliphatic carbocycles. The number of rotatable bonds is 4. The lowest BCUT2D eigenvalue weighted by Gasteiger charge is -2.12. The molecule has 0 aliphatic heterocycles. The molecule has 2 unspecified atom stereocenters. The van der Waals surface area contributed by atoms with Crippen molar-refractivity contribution in [3.05, 3.63) is 50.7 Å². The Labute approximate surface area is 130 Å². The number of ketones is 1. The van der Waals surface area contributed by atoms with E-state index in [2.05, 4.69) is 0 Å². The smallest absolute Gasteiger partial charge is 0.188 e. The first-order valence-electron chi connectivity index (χ1n) is 6.17. The van der Waals surface area contributed by atoms with E-state index < -0.39 is 16.0 Å². The van der Waals surface area contributed by atoms with Gasteiger partial charge in [-0.25, -0.2) is 0 Å². The number of hydrogen-bond donors (Lipinski definition) is 0. The molecule has 2 atom stereocenters. The summed E-state index contributed by atoms with van der Waals surface area (Å²) in [6.45, 7) is 5.60. The molecule has 2 rings (SSSR count). The number of carbonyl (C=O) groups is 1. The van der Waals surface area contributed by atoms with E-state index in [1.165, 1.54) is 11.3 Å². The maximum absolute atomic E-state index is 12.6. The molecule has 0 N–H and O–H groups in total. The Morgan fingerprint density at radius 3 is 2.50 bits per heavy atom. The lowest BCUT2D eigenvalue weighted by molar-refractivity contribution is 0.0996. The van der Waals surface area contributed by atoms with Gasteiger partial charge in [0.15, 0.2) is 5.78 Å². The van der Waals surface area contributed by atoms with Crippen molar-refractivity contribution in [2.75, 3.05) is 0 Å². The van der Waals surface area contributed by atoms with E-state index in [0.717, 1.165) is 16.0 Å². The third-order valence-electron chi connectivity index (χ3n) is 3.05. The average Bonchev–Trinajstić information content (AvgIpc) is 2.83. The number of hydrogen-bond acceptors (Lipinski definition) is 3. The van der Waals surface area contributed by atoms with Gasteiger partial charge < -0.3 is 0 Å². The number of aryl methyl sites for hydroxylation is 2.